The van der Waals surface area contributed by atoms with Gasteiger partial charge >= 0.3 is 0 Å². The van der Waals surface area contributed by atoms with Crippen molar-refractivity contribution in [2.24, 2.45) is 11.8 Å². The summed E-state index contributed by atoms with van der Waals surface area (Å²) < 4.78 is 0. The molecular formula is C12H25N3O. The van der Waals surface area contributed by atoms with Gasteiger partial charge in [0.2, 0.25) is 5.91 Å². The first-order valence-electron chi connectivity index (χ1n) is 6.12. The Balaban J connectivity index is 2.33. The fourth-order valence-electron chi connectivity index (χ4n) is 2.42. The van der Waals surface area contributed by atoms with Gasteiger partial charge in [0, 0.05) is 32.6 Å². The van der Waals surface area contributed by atoms with E-state index in [1.165, 1.54) is 13.0 Å². The molecule has 0 aromatic carbocycles. The van der Waals surface area contributed by atoms with E-state index in [9.17, 15) is 4.79 Å². The molecule has 1 N–H and O–H groups in total. The van der Waals surface area contributed by atoms with Gasteiger partial charge in [0.1, 0.15) is 0 Å². The van der Waals surface area contributed by atoms with Crippen LogP contribution in [0.5, 0.6) is 0 Å². The van der Waals surface area contributed by atoms with E-state index in [0.29, 0.717) is 5.92 Å². The fourth-order valence-corrected chi connectivity index (χ4v) is 2.42. The van der Waals surface area contributed by atoms with E-state index in [2.05, 4.69) is 17.3 Å². The molecule has 1 aliphatic heterocycles. The smallest absolute Gasteiger partial charge is 0.226 e. The van der Waals surface area contributed by atoms with Crippen molar-refractivity contribution in [3.8, 4) is 0 Å². The highest BCUT2D eigenvalue weighted by Gasteiger charge is 2.24. The lowest BCUT2D eigenvalue weighted by molar-refractivity contribution is -0.134. The van der Waals surface area contributed by atoms with Crippen molar-refractivity contribution in [2.45, 2.75) is 13.3 Å². The van der Waals surface area contributed by atoms with Gasteiger partial charge in [-0.25, -0.2) is 0 Å². The number of carbonyl (C=O) groups excluding carboxylic acids is 1. The Morgan fingerprint density at radius 3 is 2.81 bits per heavy atom. The number of hydrogen-bond acceptors (Lipinski definition) is 3. The quantitative estimate of drug-likeness (QED) is 0.731. The number of hydrogen-bond donors (Lipinski definition) is 1. The zero-order valence-electron chi connectivity index (χ0n) is 11.0. The summed E-state index contributed by atoms with van der Waals surface area (Å²) in [6.45, 7) is 5.93. The summed E-state index contributed by atoms with van der Waals surface area (Å²) in [5.41, 5.74) is 0. The fraction of sp³-hybridized carbons (Fsp3) is 0.917. The molecule has 0 saturated carbocycles. The van der Waals surface area contributed by atoms with Gasteiger partial charge in [-0.3, -0.25) is 4.79 Å². The topological polar surface area (TPSA) is 35.6 Å². The number of rotatable bonds is 5. The first kappa shape index (κ1) is 13.5. The van der Waals surface area contributed by atoms with Crippen molar-refractivity contribution >= 4 is 5.91 Å². The van der Waals surface area contributed by atoms with Crippen LogP contribution in [0.15, 0.2) is 0 Å². The molecule has 0 aromatic rings. The molecule has 16 heavy (non-hydrogen) atoms. The monoisotopic (exact) mass is 227 g/mol. The van der Waals surface area contributed by atoms with Crippen LogP contribution < -0.4 is 5.32 Å². The largest absolute Gasteiger partial charge is 0.345 e. The van der Waals surface area contributed by atoms with E-state index in [4.69, 9.17) is 0 Å². The molecule has 4 heteroatoms. The third-order valence-electron chi connectivity index (χ3n) is 3.33. The minimum absolute atomic E-state index is 0.0779. The molecule has 1 fully saturated rings. The number of likely N-dealkylation sites (tertiary alicyclic amines) is 1. The molecule has 0 aliphatic carbocycles. The summed E-state index contributed by atoms with van der Waals surface area (Å²) in [5.74, 6) is 0.985. The van der Waals surface area contributed by atoms with Crippen LogP contribution in [-0.4, -0.2) is 63.0 Å². The van der Waals surface area contributed by atoms with Crippen LogP contribution in [0.2, 0.25) is 0 Å². The van der Waals surface area contributed by atoms with Crippen LogP contribution in [0, 0.1) is 11.8 Å². The number of carbonyl (C=O) groups is 1. The Kier molecular flexibility index (Phi) is 5.22. The SMILES string of the molecule is CNCC(C)C(=O)N(C)CC1CCN(C)C1. The summed E-state index contributed by atoms with van der Waals surface area (Å²) in [7, 11) is 5.95. The maximum absolute atomic E-state index is 12.0. The molecule has 0 aromatic heterocycles. The first-order chi connectivity index (χ1) is 7.54. The minimum atomic E-state index is 0.0779. The van der Waals surface area contributed by atoms with Gasteiger partial charge in [-0.05, 0) is 33.0 Å². The lowest BCUT2D eigenvalue weighted by Gasteiger charge is -2.24. The van der Waals surface area contributed by atoms with Crippen LogP contribution in [0.25, 0.3) is 0 Å². The molecule has 2 unspecified atom stereocenters. The van der Waals surface area contributed by atoms with Crippen LogP contribution in [0.3, 0.4) is 0 Å². The number of nitrogens with one attached hydrogen (secondary N) is 1. The molecule has 0 spiro atoms. The normalized spacial score (nSPS) is 23.4. The summed E-state index contributed by atoms with van der Waals surface area (Å²) in [6.07, 6.45) is 1.22. The zero-order valence-corrected chi connectivity index (χ0v) is 11.0. The zero-order chi connectivity index (χ0) is 12.1. The van der Waals surface area contributed by atoms with Crippen LogP contribution in [-0.2, 0) is 4.79 Å². The van der Waals surface area contributed by atoms with Gasteiger partial charge in [-0.1, -0.05) is 6.92 Å². The maximum atomic E-state index is 12.0. The van der Waals surface area contributed by atoms with Crippen molar-refractivity contribution in [3.63, 3.8) is 0 Å². The molecule has 1 rings (SSSR count). The van der Waals surface area contributed by atoms with Crippen molar-refractivity contribution < 1.29 is 4.79 Å². The van der Waals surface area contributed by atoms with Crippen molar-refractivity contribution in [1.82, 2.24) is 15.1 Å². The Bertz CT molecular complexity index is 232. The lowest BCUT2D eigenvalue weighted by Crippen LogP contribution is -2.39. The molecule has 2 atom stereocenters. The van der Waals surface area contributed by atoms with Gasteiger partial charge in [-0.2, -0.15) is 0 Å². The van der Waals surface area contributed by atoms with Crippen molar-refractivity contribution in [3.05, 3.63) is 0 Å². The second kappa shape index (κ2) is 6.21. The van der Waals surface area contributed by atoms with Crippen LogP contribution in [0.1, 0.15) is 13.3 Å². The molecule has 1 amide bonds. The molecule has 4 nitrogen and oxygen atoms in total. The Hall–Kier alpha value is -0.610. The number of amides is 1. The Morgan fingerprint density at radius 1 is 1.62 bits per heavy atom. The van der Waals surface area contributed by atoms with Crippen molar-refractivity contribution in [1.29, 1.82) is 0 Å². The van der Waals surface area contributed by atoms with Gasteiger partial charge in [0.25, 0.3) is 0 Å². The second-order valence-electron chi connectivity index (χ2n) is 5.09. The van der Waals surface area contributed by atoms with E-state index in [-0.39, 0.29) is 11.8 Å². The van der Waals surface area contributed by atoms with E-state index in [1.54, 1.807) is 0 Å². The molecule has 1 saturated heterocycles. The third kappa shape index (κ3) is 3.76. The predicted molar refractivity (Wildman–Crippen MR) is 66.3 cm³/mol. The Labute approximate surface area is 99.0 Å². The minimum Gasteiger partial charge on any atom is -0.345 e. The average molecular weight is 227 g/mol. The third-order valence-corrected chi connectivity index (χ3v) is 3.33. The highest BCUT2D eigenvalue weighted by molar-refractivity contribution is 5.78. The van der Waals surface area contributed by atoms with Crippen LogP contribution >= 0.6 is 0 Å². The second-order valence-corrected chi connectivity index (χ2v) is 5.09. The summed E-state index contributed by atoms with van der Waals surface area (Å²) in [5, 5.41) is 3.05. The van der Waals surface area contributed by atoms with Gasteiger partial charge in [0.15, 0.2) is 0 Å². The molecular weight excluding hydrogens is 202 g/mol. The standard InChI is InChI=1S/C12H25N3O/c1-10(7-13-2)12(16)15(4)9-11-5-6-14(3)8-11/h10-11,13H,5-9H2,1-4H3. The van der Waals surface area contributed by atoms with Gasteiger partial charge in [-0.15, -0.1) is 0 Å². The summed E-state index contributed by atoms with van der Waals surface area (Å²) in [4.78, 5) is 16.2. The highest BCUT2D eigenvalue weighted by atomic mass is 16.2. The predicted octanol–water partition coefficient (Wildman–Crippen LogP) is 0.252. The van der Waals surface area contributed by atoms with E-state index in [0.717, 1.165) is 19.6 Å². The number of nitrogens with zero attached hydrogens (tertiary/aromatic N) is 2. The molecule has 0 radical (unpaired) electrons. The van der Waals surface area contributed by atoms with E-state index < -0.39 is 0 Å². The Morgan fingerprint density at radius 2 is 2.31 bits per heavy atom. The summed E-state index contributed by atoms with van der Waals surface area (Å²) >= 11 is 0. The average Bonchev–Trinajstić information content (AvgIpc) is 2.63. The van der Waals surface area contributed by atoms with Gasteiger partial charge in [0.05, 0.1) is 0 Å². The lowest BCUT2D eigenvalue weighted by atomic mass is 10.1. The molecule has 0 bridgehead atoms. The van der Waals surface area contributed by atoms with Crippen LogP contribution in [0.4, 0.5) is 0 Å². The van der Waals surface area contributed by atoms with E-state index >= 15 is 0 Å². The van der Waals surface area contributed by atoms with Gasteiger partial charge < -0.3 is 15.1 Å². The molecule has 1 aliphatic rings. The molecule has 94 valence electrons. The van der Waals surface area contributed by atoms with E-state index in [1.807, 2.05) is 25.9 Å². The highest BCUT2D eigenvalue weighted by Crippen LogP contribution is 2.15. The maximum Gasteiger partial charge on any atom is 0.226 e. The van der Waals surface area contributed by atoms with Crippen molar-refractivity contribution in [2.75, 3.05) is 47.3 Å². The first-order valence-corrected chi connectivity index (χ1v) is 6.12. The molecule has 1 heterocycles. The summed E-state index contributed by atoms with van der Waals surface area (Å²) in [6, 6.07) is 0.